The van der Waals surface area contributed by atoms with Gasteiger partial charge < -0.3 is 15.8 Å². The lowest BCUT2D eigenvalue weighted by atomic mass is 10.1. The average molecular weight is 178 g/mol. The van der Waals surface area contributed by atoms with Crippen molar-refractivity contribution < 1.29 is 9.53 Å². The molecule has 1 aliphatic rings. The highest BCUT2D eigenvalue weighted by molar-refractivity contribution is 6.00. The minimum atomic E-state index is 0.00246. The second kappa shape index (κ2) is 2.65. The minimum absolute atomic E-state index is 0.00246. The number of anilines is 2. The summed E-state index contributed by atoms with van der Waals surface area (Å²) in [6.07, 6.45) is 0.409. The van der Waals surface area contributed by atoms with Crippen molar-refractivity contribution in [2.75, 3.05) is 18.2 Å². The monoisotopic (exact) mass is 178 g/mol. The molecule has 1 aliphatic heterocycles. The van der Waals surface area contributed by atoms with Gasteiger partial charge in [-0.05, 0) is 17.7 Å². The number of methoxy groups -OCH3 is 1. The normalized spacial score (nSPS) is 13.8. The number of rotatable bonds is 1. The zero-order valence-electron chi connectivity index (χ0n) is 7.26. The Morgan fingerprint density at radius 3 is 3.00 bits per heavy atom. The summed E-state index contributed by atoms with van der Waals surface area (Å²) in [5.74, 6) is 0.623. The van der Waals surface area contributed by atoms with Crippen LogP contribution in [0.3, 0.4) is 0 Å². The van der Waals surface area contributed by atoms with E-state index in [9.17, 15) is 4.79 Å². The van der Waals surface area contributed by atoms with Crippen molar-refractivity contribution in [3.63, 3.8) is 0 Å². The highest BCUT2D eigenvalue weighted by Gasteiger charge is 2.19. The Hall–Kier alpha value is -1.71. The minimum Gasteiger partial charge on any atom is -0.495 e. The van der Waals surface area contributed by atoms with E-state index in [2.05, 4.69) is 5.32 Å². The van der Waals surface area contributed by atoms with E-state index in [0.717, 1.165) is 11.3 Å². The predicted octanol–water partition coefficient (Wildman–Crippen LogP) is 0.772. The molecule has 0 spiro atoms. The number of fused-ring (bicyclic) bond motifs is 1. The standard InChI is InChI=1S/C9H10N2O2/c1-13-8-2-5-3-9(12)11-7(5)4-6(8)10/h2,4H,3,10H2,1H3,(H,11,12). The number of nitrogens with two attached hydrogens (primary N) is 1. The molecule has 0 fully saturated rings. The van der Waals surface area contributed by atoms with Gasteiger partial charge in [0.15, 0.2) is 0 Å². The van der Waals surface area contributed by atoms with E-state index < -0.39 is 0 Å². The number of amides is 1. The summed E-state index contributed by atoms with van der Waals surface area (Å²) in [6, 6.07) is 3.52. The van der Waals surface area contributed by atoms with Crippen molar-refractivity contribution in [2.45, 2.75) is 6.42 Å². The zero-order valence-corrected chi connectivity index (χ0v) is 7.26. The van der Waals surface area contributed by atoms with Gasteiger partial charge in [-0.3, -0.25) is 4.79 Å². The molecule has 0 saturated heterocycles. The van der Waals surface area contributed by atoms with E-state index in [1.54, 1.807) is 19.2 Å². The van der Waals surface area contributed by atoms with Crippen LogP contribution in [-0.4, -0.2) is 13.0 Å². The van der Waals surface area contributed by atoms with Gasteiger partial charge in [0, 0.05) is 5.69 Å². The fourth-order valence-corrected chi connectivity index (χ4v) is 1.45. The number of benzene rings is 1. The van der Waals surface area contributed by atoms with Gasteiger partial charge in [-0.25, -0.2) is 0 Å². The van der Waals surface area contributed by atoms with Crippen molar-refractivity contribution in [3.8, 4) is 5.75 Å². The Balaban J connectivity index is 2.50. The van der Waals surface area contributed by atoms with Gasteiger partial charge in [-0.2, -0.15) is 0 Å². The molecule has 1 aromatic rings. The number of carbonyl (C=O) groups is 1. The number of nitrogen functional groups attached to an aromatic ring is 1. The van der Waals surface area contributed by atoms with Crippen molar-refractivity contribution in [1.82, 2.24) is 0 Å². The Morgan fingerprint density at radius 2 is 2.31 bits per heavy atom. The van der Waals surface area contributed by atoms with Crippen LogP contribution in [0.25, 0.3) is 0 Å². The van der Waals surface area contributed by atoms with Gasteiger partial charge in [-0.15, -0.1) is 0 Å². The Kier molecular flexibility index (Phi) is 1.62. The maximum atomic E-state index is 11.0. The smallest absolute Gasteiger partial charge is 0.228 e. The molecule has 0 atom stereocenters. The summed E-state index contributed by atoms with van der Waals surface area (Å²) in [5.41, 5.74) is 7.95. The predicted molar refractivity (Wildman–Crippen MR) is 49.7 cm³/mol. The highest BCUT2D eigenvalue weighted by Crippen LogP contribution is 2.32. The summed E-state index contributed by atoms with van der Waals surface area (Å²) in [4.78, 5) is 11.0. The zero-order chi connectivity index (χ0) is 9.42. The van der Waals surface area contributed by atoms with Gasteiger partial charge in [0.1, 0.15) is 5.75 Å². The van der Waals surface area contributed by atoms with E-state index in [4.69, 9.17) is 10.5 Å². The van der Waals surface area contributed by atoms with Gasteiger partial charge >= 0.3 is 0 Å². The second-order valence-electron chi connectivity index (χ2n) is 2.98. The van der Waals surface area contributed by atoms with E-state index in [-0.39, 0.29) is 5.91 Å². The van der Waals surface area contributed by atoms with Crippen molar-refractivity contribution in [3.05, 3.63) is 17.7 Å². The molecule has 1 aromatic carbocycles. The van der Waals surface area contributed by atoms with Crippen LogP contribution < -0.4 is 15.8 Å². The molecule has 1 heterocycles. The summed E-state index contributed by atoms with van der Waals surface area (Å²) < 4.78 is 5.04. The molecule has 0 aliphatic carbocycles. The molecule has 1 amide bonds. The van der Waals surface area contributed by atoms with Gasteiger partial charge in [0.25, 0.3) is 0 Å². The van der Waals surface area contributed by atoms with Gasteiger partial charge in [0.05, 0.1) is 19.2 Å². The van der Waals surface area contributed by atoms with Gasteiger partial charge in [-0.1, -0.05) is 0 Å². The van der Waals surface area contributed by atoms with Crippen molar-refractivity contribution >= 4 is 17.3 Å². The molecule has 0 unspecified atom stereocenters. The molecule has 3 N–H and O–H groups in total. The van der Waals surface area contributed by atoms with E-state index >= 15 is 0 Å². The van der Waals surface area contributed by atoms with E-state index in [1.165, 1.54) is 0 Å². The molecule has 0 bridgehead atoms. The first kappa shape index (κ1) is 7.91. The molecule has 4 heteroatoms. The average Bonchev–Trinajstić information content (AvgIpc) is 2.42. The molecule has 68 valence electrons. The van der Waals surface area contributed by atoms with Crippen LogP contribution >= 0.6 is 0 Å². The number of hydrogen-bond acceptors (Lipinski definition) is 3. The van der Waals surface area contributed by atoms with Crippen molar-refractivity contribution in [1.29, 1.82) is 0 Å². The maximum Gasteiger partial charge on any atom is 0.228 e. The van der Waals surface area contributed by atoms with E-state index in [0.29, 0.717) is 17.9 Å². The van der Waals surface area contributed by atoms with Crippen LogP contribution in [0, 0.1) is 0 Å². The quantitative estimate of drug-likeness (QED) is 0.624. The third-order valence-corrected chi connectivity index (χ3v) is 2.08. The highest BCUT2D eigenvalue weighted by atomic mass is 16.5. The van der Waals surface area contributed by atoms with Crippen LogP contribution in [0.1, 0.15) is 5.56 Å². The molecule has 0 aromatic heterocycles. The van der Waals surface area contributed by atoms with Crippen LogP contribution in [0.5, 0.6) is 5.75 Å². The second-order valence-corrected chi connectivity index (χ2v) is 2.98. The Labute approximate surface area is 75.7 Å². The third kappa shape index (κ3) is 1.20. The fraction of sp³-hybridized carbons (Fsp3) is 0.222. The maximum absolute atomic E-state index is 11.0. The lowest BCUT2D eigenvalue weighted by Gasteiger charge is -2.06. The Bertz CT molecular complexity index is 374. The number of nitrogens with one attached hydrogen (secondary N) is 1. The summed E-state index contributed by atoms with van der Waals surface area (Å²) in [7, 11) is 1.56. The lowest BCUT2D eigenvalue weighted by Crippen LogP contribution is -2.03. The first-order chi connectivity index (χ1) is 6.20. The molecule has 0 radical (unpaired) electrons. The lowest BCUT2D eigenvalue weighted by molar-refractivity contribution is -0.115. The Morgan fingerprint density at radius 1 is 1.54 bits per heavy atom. The number of ether oxygens (including phenoxy) is 1. The van der Waals surface area contributed by atoms with Crippen molar-refractivity contribution in [2.24, 2.45) is 0 Å². The van der Waals surface area contributed by atoms with Crippen LogP contribution in [-0.2, 0) is 11.2 Å². The first-order valence-corrected chi connectivity index (χ1v) is 3.97. The van der Waals surface area contributed by atoms with Crippen LogP contribution in [0.2, 0.25) is 0 Å². The summed E-state index contributed by atoms with van der Waals surface area (Å²) in [5, 5.41) is 2.72. The molecule has 13 heavy (non-hydrogen) atoms. The van der Waals surface area contributed by atoms with Gasteiger partial charge in [0.2, 0.25) is 5.91 Å². The topological polar surface area (TPSA) is 64.3 Å². The molecule has 4 nitrogen and oxygen atoms in total. The number of carbonyl (C=O) groups excluding carboxylic acids is 1. The van der Waals surface area contributed by atoms with E-state index in [1.807, 2.05) is 0 Å². The van der Waals surface area contributed by atoms with Crippen LogP contribution in [0.15, 0.2) is 12.1 Å². The summed E-state index contributed by atoms with van der Waals surface area (Å²) >= 11 is 0. The molecule has 2 rings (SSSR count). The molecule has 0 saturated carbocycles. The number of hydrogen-bond donors (Lipinski definition) is 2. The largest absolute Gasteiger partial charge is 0.495 e. The molecular weight excluding hydrogens is 168 g/mol. The third-order valence-electron chi connectivity index (χ3n) is 2.08. The first-order valence-electron chi connectivity index (χ1n) is 3.97. The van der Waals surface area contributed by atoms with Crippen LogP contribution in [0.4, 0.5) is 11.4 Å². The fourth-order valence-electron chi connectivity index (χ4n) is 1.45. The molecular formula is C9H10N2O2. The summed E-state index contributed by atoms with van der Waals surface area (Å²) in [6.45, 7) is 0. The SMILES string of the molecule is COc1cc2c(cc1N)NC(=O)C2.